The van der Waals surface area contributed by atoms with E-state index in [0.717, 1.165) is 12.1 Å². The first-order chi connectivity index (χ1) is 9.06. The lowest BCUT2D eigenvalue weighted by molar-refractivity contribution is -0.140. The molecule has 0 saturated heterocycles. The van der Waals surface area contributed by atoms with Crippen molar-refractivity contribution in [3.05, 3.63) is 27.4 Å². The molecular weight excluding hydrogens is 377 g/mol. The summed E-state index contributed by atoms with van der Waals surface area (Å²) in [5, 5.41) is 8.67. The van der Waals surface area contributed by atoms with E-state index in [1.54, 1.807) is 13.8 Å². The molecule has 0 aliphatic heterocycles. The van der Waals surface area contributed by atoms with Crippen LogP contribution in [0.2, 0.25) is 5.02 Å². The Kier molecular flexibility index (Phi) is 5.54. The van der Waals surface area contributed by atoms with Crippen molar-refractivity contribution in [3.63, 3.8) is 0 Å². The number of carboxylic acids is 1. The van der Waals surface area contributed by atoms with E-state index in [2.05, 4.69) is 15.9 Å². The van der Waals surface area contributed by atoms with Crippen LogP contribution in [0.15, 0.2) is 21.5 Å². The number of hydrogen-bond donors (Lipinski definition) is 2. The van der Waals surface area contributed by atoms with Crippen LogP contribution in [0.4, 0.5) is 4.39 Å². The minimum atomic E-state index is -4.20. The second-order valence-electron chi connectivity index (χ2n) is 4.38. The molecule has 1 rings (SSSR count). The Morgan fingerprint density at radius 1 is 1.45 bits per heavy atom. The van der Waals surface area contributed by atoms with Gasteiger partial charge in [-0.15, -0.1) is 0 Å². The first-order valence-electron chi connectivity index (χ1n) is 5.46. The van der Waals surface area contributed by atoms with Crippen LogP contribution in [0.1, 0.15) is 13.8 Å². The van der Waals surface area contributed by atoms with E-state index >= 15 is 0 Å². The van der Waals surface area contributed by atoms with Crippen molar-refractivity contribution in [2.24, 2.45) is 5.92 Å². The van der Waals surface area contributed by atoms with Crippen LogP contribution in [0.25, 0.3) is 0 Å². The lowest BCUT2D eigenvalue weighted by Crippen LogP contribution is -2.44. The first kappa shape index (κ1) is 17.4. The molecule has 1 aromatic carbocycles. The maximum Gasteiger partial charge on any atom is 0.322 e. The normalized spacial score (nSPS) is 13.5. The summed E-state index contributed by atoms with van der Waals surface area (Å²) in [4.78, 5) is 10.6. The Hall–Kier alpha value is -0.700. The average molecular weight is 389 g/mol. The van der Waals surface area contributed by atoms with E-state index in [1.165, 1.54) is 0 Å². The molecule has 112 valence electrons. The first-order valence-corrected chi connectivity index (χ1v) is 8.11. The number of nitrogens with one attached hydrogen (secondary N) is 1. The third-order valence-electron chi connectivity index (χ3n) is 2.45. The third kappa shape index (κ3) is 3.91. The molecule has 0 unspecified atom stereocenters. The van der Waals surface area contributed by atoms with Crippen molar-refractivity contribution in [1.82, 2.24) is 4.72 Å². The molecule has 0 bridgehead atoms. The fourth-order valence-corrected chi connectivity index (χ4v) is 4.64. The van der Waals surface area contributed by atoms with Crippen molar-refractivity contribution in [2.75, 3.05) is 0 Å². The van der Waals surface area contributed by atoms with Gasteiger partial charge in [0.1, 0.15) is 16.8 Å². The fraction of sp³-hybridized carbons (Fsp3) is 0.364. The van der Waals surface area contributed by atoms with Gasteiger partial charge in [-0.1, -0.05) is 25.4 Å². The van der Waals surface area contributed by atoms with E-state index in [1.807, 2.05) is 4.72 Å². The highest BCUT2D eigenvalue weighted by Crippen LogP contribution is 2.31. The van der Waals surface area contributed by atoms with Crippen LogP contribution in [0.5, 0.6) is 0 Å². The molecule has 0 aliphatic rings. The number of sulfonamides is 1. The molecule has 5 nitrogen and oxygen atoms in total. The predicted molar refractivity (Wildman–Crippen MR) is 75.7 cm³/mol. The zero-order valence-corrected chi connectivity index (χ0v) is 13.7. The van der Waals surface area contributed by atoms with Crippen molar-refractivity contribution in [1.29, 1.82) is 0 Å². The average Bonchev–Trinajstić information content (AvgIpc) is 2.23. The van der Waals surface area contributed by atoms with E-state index in [4.69, 9.17) is 16.7 Å². The molecule has 0 saturated carbocycles. The number of benzene rings is 1. The van der Waals surface area contributed by atoms with Gasteiger partial charge in [-0.05, 0) is 34.0 Å². The van der Waals surface area contributed by atoms with Crippen molar-refractivity contribution in [3.8, 4) is 0 Å². The predicted octanol–water partition coefficient (Wildman–Crippen LogP) is 2.63. The molecule has 0 aromatic heterocycles. The number of aliphatic carboxylic acids is 1. The minimum Gasteiger partial charge on any atom is -0.480 e. The lowest BCUT2D eigenvalue weighted by Gasteiger charge is -2.19. The van der Waals surface area contributed by atoms with E-state index in [-0.39, 0.29) is 9.50 Å². The highest BCUT2D eigenvalue weighted by atomic mass is 79.9. The van der Waals surface area contributed by atoms with Gasteiger partial charge in [0.2, 0.25) is 10.0 Å². The third-order valence-corrected chi connectivity index (χ3v) is 5.29. The minimum absolute atomic E-state index is 0.0807. The monoisotopic (exact) mass is 387 g/mol. The molecule has 20 heavy (non-hydrogen) atoms. The van der Waals surface area contributed by atoms with Crippen LogP contribution in [-0.4, -0.2) is 25.5 Å². The Morgan fingerprint density at radius 2 is 2.00 bits per heavy atom. The summed E-state index contributed by atoms with van der Waals surface area (Å²) < 4.78 is 39.4. The van der Waals surface area contributed by atoms with Gasteiger partial charge >= 0.3 is 5.97 Å². The molecular formula is C11H12BrClFNO4S. The van der Waals surface area contributed by atoms with Crippen LogP contribution in [0.3, 0.4) is 0 Å². The van der Waals surface area contributed by atoms with Crippen LogP contribution < -0.4 is 4.72 Å². The second kappa shape index (κ2) is 6.38. The maximum absolute atomic E-state index is 13.1. The molecule has 1 aromatic rings. The van der Waals surface area contributed by atoms with Crippen molar-refractivity contribution < 1.29 is 22.7 Å². The summed E-state index contributed by atoms with van der Waals surface area (Å²) >= 11 is 8.63. The highest BCUT2D eigenvalue weighted by molar-refractivity contribution is 9.10. The lowest BCUT2D eigenvalue weighted by atomic mass is 10.1. The highest BCUT2D eigenvalue weighted by Gasteiger charge is 2.30. The molecule has 1 atom stereocenters. The summed E-state index contributed by atoms with van der Waals surface area (Å²) in [7, 11) is -4.20. The summed E-state index contributed by atoms with van der Waals surface area (Å²) in [6.07, 6.45) is 0. The number of halogens is 3. The largest absolute Gasteiger partial charge is 0.480 e. The smallest absolute Gasteiger partial charge is 0.322 e. The number of rotatable bonds is 5. The van der Waals surface area contributed by atoms with Gasteiger partial charge in [0.05, 0.1) is 5.02 Å². The summed E-state index contributed by atoms with van der Waals surface area (Å²) in [5.41, 5.74) is 0. The molecule has 0 radical (unpaired) electrons. The molecule has 0 fully saturated rings. The molecule has 0 spiro atoms. The van der Waals surface area contributed by atoms with E-state index in [9.17, 15) is 17.6 Å². The summed E-state index contributed by atoms with van der Waals surface area (Å²) in [6, 6.07) is 0.463. The Bertz CT molecular complexity index is 612. The number of carboxylic acid groups (broad SMARTS) is 1. The van der Waals surface area contributed by atoms with Gasteiger partial charge in [0, 0.05) is 4.47 Å². The van der Waals surface area contributed by atoms with Gasteiger partial charge < -0.3 is 5.11 Å². The number of carbonyl (C=O) groups is 1. The van der Waals surface area contributed by atoms with Gasteiger partial charge in [0.15, 0.2) is 0 Å². The fourth-order valence-electron chi connectivity index (χ4n) is 1.48. The van der Waals surface area contributed by atoms with Gasteiger partial charge in [-0.2, -0.15) is 4.72 Å². The zero-order chi connectivity index (χ0) is 15.7. The maximum atomic E-state index is 13.1. The summed E-state index contributed by atoms with van der Waals surface area (Å²) in [6.45, 7) is 3.12. The zero-order valence-electron chi connectivity index (χ0n) is 10.5. The van der Waals surface area contributed by atoms with Gasteiger partial charge in [0.25, 0.3) is 0 Å². The molecule has 0 aliphatic carbocycles. The molecule has 0 amide bonds. The standard InChI is InChI=1S/C11H12BrClFNO4S/c1-5(2)9(11(16)17)15-20(18,19)10-7(12)3-6(14)4-8(10)13/h3-5,9,15H,1-2H3,(H,16,17)/t9-/m1/s1. The Morgan fingerprint density at radius 3 is 2.40 bits per heavy atom. The van der Waals surface area contributed by atoms with Crippen LogP contribution >= 0.6 is 27.5 Å². The second-order valence-corrected chi connectivity index (χ2v) is 7.29. The van der Waals surface area contributed by atoms with E-state index < -0.39 is 38.7 Å². The van der Waals surface area contributed by atoms with Gasteiger partial charge in [-0.3, -0.25) is 4.79 Å². The SMILES string of the molecule is CC(C)[C@@H](NS(=O)(=O)c1c(Cl)cc(F)cc1Br)C(=O)O. The molecule has 2 N–H and O–H groups in total. The topological polar surface area (TPSA) is 83.5 Å². The van der Waals surface area contributed by atoms with Crippen molar-refractivity contribution >= 4 is 43.5 Å². The van der Waals surface area contributed by atoms with Crippen molar-refractivity contribution in [2.45, 2.75) is 24.8 Å². The van der Waals surface area contributed by atoms with Crippen LogP contribution in [-0.2, 0) is 14.8 Å². The molecule has 9 heteroatoms. The summed E-state index contributed by atoms with van der Waals surface area (Å²) in [5.74, 6) is -2.49. The molecule has 0 heterocycles. The van der Waals surface area contributed by atoms with Crippen LogP contribution in [0, 0.1) is 11.7 Å². The Labute approximate surface area is 129 Å². The number of hydrogen-bond acceptors (Lipinski definition) is 3. The quantitative estimate of drug-likeness (QED) is 0.812. The Balaban J connectivity index is 3.28. The van der Waals surface area contributed by atoms with E-state index in [0.29, 0.717) is 0 Å². The van der Waals surface area contributed by atoms with Gasteiger partial charge in [-0.25, -0.2) is 12.8 Å².